The maximum atomic E-state index is 13.2. The van der Waals surface area contributed by atoms with Crippen LogP contribution in [0.25, 0.3) is 0 Å². The number of hydrogen-bond acceptors (Lipinski definition) is 10. The molecular weight excluding hydrogens is 550 g/mol. The molecule has 0 fully saturated rings. The number of aryl methyl sites for hydroxylation is 3. The summed E-state index contributed by atoms with van der Waals surface area (Å²) in [5, 5.41) is 21.7. The predicted octanol–water partition coefficient (Wildman–Crippen LogP) is 3.98. The summed E-state index contributed by atoms with van der Waals surface area (Å²) < 4.78 is 27.0. The Hall–Kier alpha value is -5.26. The van der Waals surface area contributed by atoms with Crippen LogP contribution < -0.4 is 29.0 Å². The van der Waals surface area contributed by atoms with Gasteiger partial charge in [0.1, 0.15) is 51.7 Å². The van der Waals surface area contributed by atoms with Gasteiger partial charge in [0.15, 0.2) is 0 Å². The first-order valence-corrected chi connectivity index (χ1v) is 12.5. The van der Waals surface area contributed by atoms with E-state index in [1.165, 1.54) is 53.4 Å². The van der Waals surface area contributed by atoms with Crippen molar-refractivity contribution in [3.8, 4) is 34.5 Å². The van der Waals surface area contributed by atoms with Crippen molar-refractivity contribution in [3.63, 3.8) is 0 Å². The summed E-state index contributed by atoms with van der Waals surface area (Å²) in [5.74, 6) is -3.24. The van der Waals surface area contributed by atoms with Crippen LogP contribution >= 0.6 is 0 Å². The molecule has 3 rings (SSSR count). The molecule has 0 aliphatic carbocycles. The number of carboxylic acid groups (broad SMARTS) is 1. The van der Waals surface area contributed by atoms with Crippen LogP contribution in [0, 0.1) is 20.8 Å². The summed E-state index contributed by atoms with van der Waals surface area (Å²) in [6, 6.07) is 7.26. The van der Waals surface area contributed by atoms with Crippen molar-refractivity contribution in [2.75, 3.05) is 21.3 Å². The zero-order valence-electron chi connectivity index (χ0n) is 24.1. The second-order valence-electron chi connectivity index (χ2n) is 9.29. The van der Waals surface area contributed by atoms with Crippen LogP contribution in [0.15, 0.2) is 36.4 Å². The van der Waals surface area contributed by atoms with E-state index in [1.54, 1.807) is 26.0 Å². The fraction of sp³-hybridized carbons (Fsp3) is 0.267. The minimum absolute atomic E-state index is 0.0322. The Morgan fingerprint density at radius 2 is 1.10 bits per heavy atom. The average molecular weight is 582 g/mol. The van der Waals surface area contributed by atoms with Crippen molar-refractivity contribution in [3.05, 3.63) is 69.8 Å². The lowest BCUT2D eigenvalue weighted by molar-refractivity contribution is -0.138. The number of aliphatic carboxylic acids is 1. The van der Waals surface area contributed by atoms with Gasteiger partial charge in [-0.15, -0.1) is 0 Å². The standard InChI is InChI=1S/C30H31NO11/c1-14-9-19(11-21(32)24(14)27(33)31-17(4)28(34)35)41-29(36)26-16(3)10-20(13-23(26)40-7)42-30(37)25-15(2)8-18(38-5)12-22(25)39-6/h8-13,17,32H,1-7H3,(H,31,33)(H,34,35)/t17-/m1/s1. The van der Waals surface area contributed by atoms with E-state index in [0.717, 1.165) is 6.07 Å². The Labute approximate surface area is 241 Å². The molecule has 0 saturated heterocycles. The number of amides is 1. The van der Waals surface area contributed by atoms with E-state index < -0.39 is 35.6 Å². The molecule has 3 N–H and O–H groups in total. The third-order valence-electron chi connectivity index (χ3n) is 6.28. The highest BCUT2D eigenvalue weighted by Gasteiger charge is 2.25. The monoisotopic (exact) mass is 581 g/mol. The Bertz CT molecular complexity index is 1540. The van der Waals surface area contributed by atoms with Crippen LogP contribution in [0.1, 0.15) is 54.7 Å². The van der Waals surface area contributed by atoms with Crippen molar-refractivity contribution in [1.82, 2.24) is 5.32 Å². The van der Waals surface area contributed by atoms with E-state index >= 15 is 0 Å². The second kappa shape index (κ2) is 12.9. The average Bonchev–Trinajstić information content (AvgIpc) is 2.91. The van der Waals surface area contributed by atoms with Gasteiger partial charge in [0.25, 0.3) is 5.91 Å². The van der Waals surface area contributed by atoms with Gasteiger partial charge in [-0.05, 0) is 62.6 Å². The highest BCUT2D eigenvalue weighted by Crippen LogP contribution is 2.34. The normalized spacial score (nSPS) is 11.2. The summed E-state index contributed by atoms with van der Waals surface area (Å²) >= 11 is 0. The molecule has 1 atom stereocenters. The highest BCUT2D eigenvalue weighted by atomic mass is 16.5. The SMILES string of the molecule is COc1cc(C)c(C(=O)Oc2cc(C)c(C(=O)Oc3cc(C)c(C(=O)N[C@H](C)C(=O)O)c(O)c3)c(OC)c2)c(OC)c1. The number of rotatable bonds is 10. The number of benzene rings is 3. The highest BCUT2D eigenvalue weighted by molar-refractivity contribution is 6.01. The smallest absolute Gasteiger partial charge is 0.347 e. The molecule has 0 radical (unpaired) electrons. The number of carboxylic acids is 1. The lowest BCUT2D eigenvalue weighted by Gasteiger charge is -2.16. The summed E-state index contributed by atoms with van der Waals surface area (Å²) in [4.78, 5) is 49.7. The van der Waals surface area contributed by atoms with Crippen LogP contribution in [0.5, 0.6) is 34.5 Å². The fourth-order valence-electron chi connectivity index (χ4n) is 4.20. The minimum Gasteiger partial charge on any atom is -0.507 e. The van der Waals surface area contributed by atoms with Gasteiger partial charge in [-0.25, -0.2) is 9.59 Å². The number of phenols is 1. The lowest BCUT2D eigenvalue weighted by Crippen LogP contribution is -2.38. The van der Waals surface area contributed by atoms with Crippen LogP contribution in [0.2, 0.25) is 0 Å². The van der Waals surface area contributed by atoms with E-state index in [-0.39, 0.29) is 45.3 Å². The molecule has 222 valence electrons. The van der Waals surface area contributed by atoms with Gasteiger partial charge >= 0.3 is 17.9 Å². The zero-order valence-corrected chi connectivity index (χ0v) is 24.1. The summed E-state index contributed by atoms with van der Waals surface area (Å²) in [5.41, 5.74) is 1.24. The molecule has 0 aliphatic heterocycles. The molecule has 1 amide bonds. The number of nitrogens with one attached hydrogen (secondary N) is 1. The molecule has 12 nitrogen and oxygen atoms in total. The van der Waals surface area contributed by atoms with Gasteiger partial charge in [0.05, 0.1) is 26.9 Å². The molecule has 0 saturated carbocycles. The van der Waals surface area contributed by atoms with Crippen LogP contribution in [0.4, 0.5) is 0 Å². The van der Waals surface area contributed by atoms with Crippen molar-refractivity contribution >= 4 is 23.8 Å². The van der Waals surface area contributed by atoms with Crippen molar-refractivity contribution in [2.24, 2.45) is 0 Å². The summed E-state index contributed by atoms with van der Waals surface area (Å²) in [6.07, 6.45) is 0. The topological polar surface area (TPSA) is 167 Å². The first-order chi connectivity index (χ1) is 19.8. The van der Waals surface area contributed by atoms with Gasteiger partial charge in [0.2, 0.25) is 0 Å². The number of ether oxygens (including phenoxy) is 5. The molecule has 42 heavy (non-hydrogen) atoms. The third-order valence-corrected chi connectivity index (χ3v) is 6.28. The van der Waals surface area contributed by atoms with E-state index in [0.29, 0.717) is 16.9 Å². The Balaban J connectivity index is 1.86. The maximum Gasteiger partial charge on any atom is 0.347 e. The van der Waals surface area contributed by atoms with Gasteiger partial charge in [-0.1, -0.05) is 0 Å². The maximum absolute atomic E-state index is 13.2. The van der Waals surface area contributed by atoms with Crippen LogP contribution in [0.3, 0.4) is 0 Å². The number of carbonyl (C=O) groups is 4. The zero-order chi connectivity index (χ0) is 31.3. The summed E-state index contributed by atoms with van der Waals surface area (Å²) in [6.45, 7) is 6.07. The minimum atomic E-state index is -1.24. The molecular formula is C30H31NO11. The number of hydrogen-bond donors (Lipinski definition) is 3. The molecule has 0 bridgehead atoms. The second-order valence-corrected chi connectivity index (χ2v) is 9.29. The van der Waals surface area contributed by atoms with E-state index in [1.807, 2.05) is 0 Å². The van der Waals surface area contributed by atoms with E-state index in [9.17, 15) is 24.3 Å². The Morgan fingerprint density at radius 3 is 1.52 bits per heavy atom. The molecule has 3 aromatic carbocycles. The number of aromatic hydroxyl groups is 1. The van der Waals surface area contributed by atoms with E-state index in [4.69, 9.17) is 28.8 Å². The largest absolute Gasteiger partial charge is 0.507 e. The third kappa shape index (κ3) is 6.72. The van der Waals surface area contributed by atoms with Crippen molar-refractivity contribution in [1.29, 1.82) is 0 Å². The number of carbonyl (C=O) groups excluding carboxylic acids is 3. The lowest BCUT2D eigenvalue weighted by atomic mass is 10.1. The fourth-order valence-corrected chi connectivity index (χ4v) is 4.20. The van der Waals surface area contributed by atoms with Gasteiger partial charge in [-0.2, -0.15) is 0 Å². The van der Waals surface area contributed by atoms with Gasteiger partial charge in [0, 0.05) is 18.2 Å². The number of phenolic OH excluding ortho intramolecular Hbond substituents is 1. The van der Waals surface area contributed by atoms with Crippen molar-refractivity contribution < 1.29 is 53.1 Å². The number of esters is 2. The first kappa shape index (κ1) is 31.3. The molecule has 0 spiro atoms. The Morgan fingerprint density at radius 1 is 0.667 bits per heavy atom. The molecule has 0 heterocycles. The first-order valence-electron chi connectivity index (χ1n) is 12.5. The quantitative estimate of drug-likeness (QED) is 0.234. The molecule has 0 aromatic heterocycles. The van der Waals surface area contributed by atoms with Gasteiger partial charge in [-0.3, -0.25) is 9.59 Å². The number of methoxy groups -OCH3 is 3. The van der Waals surface area contributed by atoms with Gasteiger partial charge < -0.3 is 39.2 Å². The Kier molecular flexibility index (Phi) is 9.63. The molecule has 0 aliphatic rings. The van der Waals surface area contributed by atoms with E-state index in [2.05, 4.69) is 5.32 Å². The molecule has 12 heteroatoms. The molecule has 0 unspecified atom stereocenters. The molecule has 3 aromatic rings. The van der Waals surface area contributed by atoms with Crippen molar-refractivity contribution in [2.45, 2.75) is 33.7 Å². The van der Waals surface area contributed by atoms with Crippen LogP contribution in [-0.2, 0) is 4.79 Å². The predicted molar refractivity (Wildman–Crippen MR) is 149 cm³/mol. The summed E-state index contributed by atoms with van der Waals surface area (Å²) in [7, 11) is 4.24. The van der Waals surface area contributed by atoms with Crippen LogP contribution in [-0.4, -0.2) is 61.4 Å².